The number of aliphatic imine (C=N–C) groups is 1. The van der Waals surface area contributed by atoms with E-state index in [-0.39, 0.29) is 11.7 Å². The molecule has 124 valence electrons. The monoisotopic (exact) mass is 363 g/mol. The van der Waals surface area contributed by atoms with E-state index in [0.29, 0.717) is 12.3 Å². The van der Waals surface area contributed by atoms with Crippen LogP contribution in [0.5, 0.6) is 0 Å². The highest BCUT2D eigenvalue weighted by molar-refractivity contribution is 7.91. The van der Waals surface area contributed by atoms with Crippen LogP contribution in [0.15, 0.2) is 17.1 Å². The summed E-state index contributed by atoms with van der Waals surface area (Å²) >= 11 is 7.51. The van der Waals surface area contributed by atoms with Gasteiger partial charge < -0.3 is 10.2 Å². The number of nitrogens with one attached hydrogen (secondary N) is 1. The first-order chi connectivity index (χ1) is 10.4. The molecule has 1 unspecified atom stereocenters. The number of hydrogen-bond donors (Lipinski definition) is 1. The number of halogens is 1. The lowest BCUT2D eigenvalue weighted by Crippen LogP contribution is -2.38. The average molecular weight is 364 g/mol. The van der Waals surface area contributed by atoms with Gasteiger partial charge in [-0.25, -0.2) is 8.42 Å². The first-order valence-corrected chi connectivity index (χ1v) is 10.4. The summed E-state index contributed by atoms with van der Waals surface area (Å²) in [7, 11) is -0.865. The molecule has 1 atom stereocenters. The SMILES string of the molecule is CCNC(=NCC1CCS(=O)(=O)C1)N(C)Cc1ccc(Cl)s1. The van der Waals surface area contributed by atoms with Crippen LogP contribution in [0, 0.1) is 5.92 Å². The van der Waals surface area contributed by atoms with Crippen molar-refractivity contribution in [3.8, 4) is 0 Å². The number of rotatable bonds is 5. The van der Waals surface area contributed by atoms with Crippen LogP contribution in [0.4, 0.5) is 0 Å². The van der Waals surface area contributed by atoms with Crippen molar-refractivity contribution in [3.63, 3.8) is 0 Å². The molecule has 1 aromatic heterocycles. The minimum Gasteiger partial charge on any atom is -0.357 e. The van der Waals surface area contributed by atoms with E-state index in [0.717, 1.165) is 29.8 Å². The van der Waals surface area contributed by atoms with Gasteiger partial charge in [-0.3, -0.25) is 4.99 Å². The first kappa shape index (κ1) is 17.6. The van der Waals surface area contributed by atoms with Crippen molar-refractivity contribution in [2.24, 2.45) is 10.9 Å². The van der Waals surface area contributed by atoms with Gasteiger partial charge in [-0.1, -0.05) is 11.6 Å². The Kier molecular flexibility index (Phi) is 6.11. The summed E-state index contributed by atoms with van der Waals surface area (Å²) in [6, 6.07) is 3.90. The molecule has 0 aliphatic carbocycles. The molecule has 0 amide bonds. The van der Waals surface area contributed by atoms with Crippen LogP contribution < -0.4 is 5.32 Å². The van der Waals surface area contributed by atoms with Crippen molar-refractivity contribution in [3.05, 3.63) is 21.3 Å². The average Bonchev–Trinajstić information content (AvgIpc) is 3.00. The quantitative estimate of drug-likeness (QED) is 0.643. The number of thiophene rings is 1. The van der Waals surface area contributed by atoms with Gasteiger partial charge in [0.1, 0.15) is 0 Å². The molecule has 8 heteroatoms. The molecule has 1 aliphatic heterocycles. The second-order valence-electron chi connectivity index (χ2n) is 5.53. The molecule has 22 heavy (non-hydrogen) atoms. The van der Waals surface area contributed by atoms with Crippen molar-refractivity contribution in [1.29, 1.82) is 0 Å². The lowest BCUT2D eigenvalue weighted by atomic mass is 10.1. The first-order valence-electron chi connectivity index (χ1n) is 7.33. The summed E-state index contributed by atoms with van der Waals surface area (Å²) in [5.41, 5.74) is 0. The molecule has 0 aromatic carbocycles. The van der Waals surface area contributed by atoms with Gasteiger partial charge in [0.05, 0.1) is 22.4 Å². The minimum atomic E-state index is -2.84. The lowest BCUT2D eigenvalue weighted by molar-refractivity contribution is 0.477. The highest BCUT2D eigenvalue weighted by atomic mass is 35.5. The summed E-state index contributed by atoms with van der Waals surface area (Å²) in [6.45, 7) is 4.08. The fourth-order valence-electron chi connectivity index (χ4n) is 2.45. The lowest BCUT2D eigenvalue weighted by Gasteiger charge is -2.22. The third-order valence-corrected chi connectivity index (χ3v) is 6.60. The van der Waals surface area contributed by atoms with E-state index >= 15 is 0 Å². The minimum absolute atomic E-state index is 0.142. The highest BCUT2D eigenvalue weighted by Gasteiger charge is 2.27. The number of guanidine groups is 1. The van der Waals surface area contributed by atoms with Gasteiger partial charge in [0.15, 0.2) is 15.8 Å². The van der Waals surface area contributed by atoms with Gasteiger partial charge in [0.25, 0.3) is 0 Å². The van der Waals surface area contributed by atoms with Crippen molar-refractivity contribution in [2.75, 3.05) is 31.6 Å². The van der Waals surface area contributed by atoms with Crippen LogP contribution in [-0.2, 0) is 16.4 Å². The van der Waals surface area contributed by atoms with E-state index in [4.69, 9.17) is 11.6 Å². The topological polar surface area (TPSA) is 61.8 Å². The van der Waals surface area contributed by atoms with E-state index in [1.807, 2.05) is 31.0 Å². The summed E-state index contributed by atoms with van der Waals surface area (Å²) in [5.74, 6) is 1.51. The highest BCUT2D eigenvalue weighted by Crippen LogP contribution is 2.22. The molecule has 0 spiro atoms. The largest absolute Gasteiger partial charge is 0.357 e. The van der Waals surface area contributed by atoms with Crippen LogP contribution in [0.3, 0.4) is 0 Å². The Morgan fingerprint density at radius 1 is 1.55 bits per heavy atom. The molecular weight excluding hydrogens is 342 g/mol. The summed E-state index contributed by atoms with van der Waals surface area (Å²) in [4.78, 5) is 7.81. The van der Waals surface area contributed by atoms with Crippen molar-refractivity contribution >= 4 is 38.7 Å². The molecular formula is C14H22ClN3O2S2. The maximum atomic E-state index is 11.5. The van der Waals surface area contributed by atoms with Crippen molar-refractivity contribution in [2.45, 2.75) is 19.9 Å². The summed E-state index contributed by atoms with van der Waals surface area (Å²) in [5, 5.41) is 3.25. The van der Waals surface area contributed by atoms with Crippen molar-refractivity contribution in [1.82, 2.24) is 10.2 Å². The van der Waals surface area contributed by atoms with E-state index in [2.05, 4.69) is 10.3 Å². The molecule has 1 aromatic rings. The molecule has 2 heterocycles. The molecule has 0 saturated carbocycles. The zero-order chi connectivity index (χ0) is 16.2. The summed E-state index contributed by atoms with van der Waals surface area (Å²) in [6.07, 6.45) is 0.718. The van der Waals surface area contributed by atoms with E-state index < -0.39 is 9.84 Å². The molecule has 1 aliphatic rings. The van der Waals surface area contributed by atoms with Crippen LogP contribution >= 0.6 is 22.9 Å². The van der Waals surface area contributed by atoms with Crippen LogP contribution in [0.1, 0.15) is 18.2 Å². The van der Waals surface area contributed by atoms with E-state index in [1.54, 1.807) is 11.3 Å². The Balaban J connectivity index is 1.97. The predicted octanol–water partition coefficient (Wildman–Crippen LogP) is 2.23. The molecule has 0 radical (unpaired) electrons. The fraction of sp³-hybridized carbons (Fsp3) is 0.643. The van der Waals surface area contributed by atoms with Gasteiger partial charge in [-0.2, -0.15) is 0 Å². The van der Waals surface area contributed by atoms with Crippen LogP contribution in [0.2, 0.25) is 4.34 Å². The van der Waals surface area contributed by atoms with Crippen LogP contribution in [0.25, 0.3) is 0 Å². The maximum absolute atomic E-state index is 11.5. The number of sulfone groups is 1. The van der Waals surface area contributed by atoms with Gasteiger partial charge in [0, 0.05) is 25.0 Å². The maximum Gasteiger partial charge on any atom is 0.193 e. The Morgan fingerprint density at radius 3 is 2.86 bits per heavy atom. The molecule has 1 fully saturated rings. The van der Waals surface area contributed by atoms with Gasteiger partial charge in [-0.05, 0) is 31.4 Å². The molecule has 1 N–H and O–H groups in total. The smallest absolute Gasteiger partial charge is 0.193 e. The normalized spacial score (nSPS) is 21.0. The Hall–Kier alpha value is -0.790. The second kappa shape index (κ2) is 7.66. The molecule has 2 rings (SSSR count). The zero-order valence-corrected chi connectivity index (χ0v) is 15.3. The Labute approximate surface area is 141 Å². The van der Waals surface area contributed by atoms with Gasteiger partial charge in [-0.15, -0.1) is 11.3 Å². The Bertz CT molecular complexity index is 628. The van der Waals surface area contributed by atoms with E-state index in [9.17, 15) is 8.42 Å². The summed E-state index contributed by atoms with van der Waals surface area (Å²) < 4.78 is 23.8. The van der Waals surface area contributed by atoms with E-state index in [1.165, 1.54) is 4.88 Å². The standard InChI is InChI=1S/C14H22ClN3O2S2/c1-3-16-14(17-8-11-6-7-22(19,20)10-11)18(2)9-12-4-5-13(15)21-12/h4-5,11H,3,6-10H2,1-2H3,(H,16,17). The Morgan fingerprint density at radius 2 is 2.32 bits per heavy atom. The number of hydrogen-bond acceptors (Lipinski definition) is 4. The van der Waals surface area contributed by atoms with Gasteiger partial charge >= 0.3 is 0 Å². The third kappa shape index (κ3) is 5.14. The number of nitrogens with zero attached hydrogens (tertiary/aromatic N) is 2. The van der Waals surface area contributed by atoms with Crippen molar-refractivity contribution < 1.29 is 8.42 Å². The molecule has 1 saturated heterocycles. The molecule has 0 bridgehead atoms. The third-order valence-electron chi connectivity index (χ3n) is 3.54. The molecule has 5 nitrogen and oxygen atoms in total. The fourth-order valence-corrected chi connectivity index (χ4v) is 5.44. The van der Waals surface area contributed by atoms with Gasteiger partial charge in [0.2, 0.25) is 0 Å². The predicted molar refractivity (Wildman–Crippen MR) is 93.5 cm³/mol. The second-order valence-corrected chi connectivity index (χ2v) is 9.55. The van der Waals surface area contributed by atoms with Crippen LogP contribution in [-0.4, -0.2) is 50.9 Å². The zero-order valence-electron chi connectivity index (χ0n) is 12.9.